The van der Waals surface area contributed by atoms with E-state index in [4.69, 9.17) is 5.26 Å². The number of nitriles is 1. The molecule has 0 unspecified atom stereocenters. The minimum absolute atomic E-state index is 0.369. The Kier molecular flexibility index (Phi) is 10.3. The Morgan fingerprint density at radius 2 is 1.20 bits per heavy atom. The summed E-state index contributed by atoms with van der Waals surface area (Å²) in [6, 6.07) is 2.46. The summed E-state index contributed by atoms with van der Waals surface area (Å²) >= 11 is 0. The topological polar surface area (TPSA) is 23.8 Å². The molecule has 1 heteroatoms. The molecular formula is C24H41N. The molecule has 2 rings (SSSR count). The van der Waals surface area contributed by atoms with E-state index in [9.17, 15) is 0 Å². The summed E-state index contributed by atoms with van der Waals surface area (Å²) in [5, 5.41) is 9.01. The van der Waals surface area contributed by atoms with Gasteiger partial charge in [-0.05, 0) is 62.7 Å². The molecule has 0 spiro atoms. The van der Waals surface area contributed by atoms with Crippen molar-refractivity contribution >= 4 is 0 Å². The number of hydrogen-bond acceptors (Lipinski definition) is 1. The summed E-state index contributed by atoms with van der Waals surface area (Å²) in [4.78, 5) is 0. The van der Waals surface area contributed by atoms with E-state index in [2.05, 4.69) is 25.1 Å². The van der Waals surface area contributed by atoms with Crippen LogP contribution >= 0.6 is 0 Å². The van der Waals surface area contributed by atoms with Crippen LogP contribution in [0.15, 0.2) is 12.2 Å². The quantitative estimate of drug-likeness (QED) is 0.293. The lowest BCUT2D eigenvalue weighted by Gasteiger charge is -2.31. The van der Waals surface area contributed by atoms with E-state index in [0.717, 1.165) is 17.8 Å². The Hall–Kier alpha value is -0.770. The molecule has 2 fully saturated rings. The molecule has 25 heavy (non-hydrogen) atoms. The Morgan fingerprint density at radius 3 is 1.72 bits per heavy atom. The number of hydrogen-bond donors (Lipinski definition) is 0. The second kappa shape index (κ2) is 12.6. The summed E-state index contributed by atoms with van der Waals surface area (Å²) in [5.74, 6) is 3.33. The highest BCUT2D eigenvalue weighted by molar-refractivity contribution is 4.87. The van der Waals surface area contributed by atoms with E-state index in [1.54, 1.807) is 0 Å². The number of rotatable bonds is 10. The first-order chi connectivity index (χ1) is 12.3. The van der Waals surface area contributed by atoms with Crippen molar-refractivity contribution in [2.75, 3.05) is 0 Å². The predicted octanol–water partition coefficient (Wildman–Crippen LogP) is 7.82. The molecular weight excluding hydrogens is 302 g/mol. The molecule has 2 saturated carbocycles. The van der Waals surface area contributed by atoms with Gasteiger partial charge in [0.05, 0.1) is 6.07 Å². The minimum Gasteiger partial charge on any atom is -0.198 e. The van der Waals surface area contributed by atoms with Crippen LogP contribution in [0.2, 0.25) is 0 Å². The molecule has 1 nitrogen and oxygen atoms in total. The van der Waals surface area contributed by atoms with Crippen LogP contribution in [0.3, 0.4) is 0 Å². The lowest BCUT2D eigenvalue weighted by molar-refractivity contribution is 0.221. The first kappa shape index (κ1) is 20.5. The van der Waals surface area contributed by atoms with Gasteiger partial charge >= 0.3 is 0 Å². The molecule has 0 N–H and O–H groups in total. The van der Waals surface area contributed by atoms with Crippen LogP contribution in [-0.2, 0) is 0 Å². The van der Waals surface area contributed by atoms with Crippen LogP contribution in [0.4, 0.5) is 0 Å². The summed E-state index contributed by atoms with van der Waals surface area (Å²) in [6.07, 6.45) is 26.8. The Balaban J connectivity index is 1.48. The summed E-state index contributed by atoms with van der Waals surface area (Å²) < 4.78 is 0. The van der Waals surface area contributed by atoms with Gasteiger partial charge in [0.1, 0.15) is 0 Å². The molecule has 0 aromatic heterocycles. The van der Waals surface area contributed by atoms with E-state index >= 15 is 0 Å². The average Bonchev–Trinajstić information content (AvgIpc) is 2.67. The van der Waals surface area contributed by atoms with Gasteiger partial charge in [-0.25, -0.2) is 0 Å². The van der Waals surface area contributed by atoms with Crippen molar-refractivity contribution in [1.82, 2.24) is 0 Å². The lowest BCUT2D eigenvalue weighted by Crippen LogP contribution is -2.17. The van der Waals surface area contributed by atoms with Gasteiger partial charge in [0.2, 0.25) is 0 Å². The second-order valence-electron chi connectivity index (χ2n) is 8.86. The van der Waals surface area contributed by atoms with Crippen LogP contribution < -0.4 is 0 Å². The third-order valence-electron chi connectivity index (χ3n) is 6.85. The van der Waals surface area contributed by atoms with Crippen molar-refractivity contribution in [3.05, 3.63) is 12.2 Å². The highest BCUT2D eigenvalue weighted by Gasteiger charge is 2.24. The van der Waals surface area contributed by atoms with E-state index in [1.807, 2.05) is 0 Å². The summed E-state index contributed by atoms with van der Waals surface area (Å²) in [5.41, 5.74) is 0. The fraction of sp³-hybridized carbons (Fsp3) is 0.875. The number of nitrogens with zero attached hydrogens (tertiary/aromatic N) is 1. The van der Waals surface area contributed by atoms with Gasteiger partial charge in [0.15, 0.2) is 0 Å². The lowest BCUT2D eigenvalue weighted by atomic mass is 9.75. The van der Waals surface area contributed by atoms with E-state index in [-0.39, 0.29) is 0 Å². The van der Waals surface area contributed by atoms with E-state index in [0.29, 0.717) is 5.92 Å². The van der Waals surface area contributed by atoms with Gasteiger partial charge in [-0.2, -0.15) is 5.26 Å². The van der Waals surface area contributed by atoms with Crippen molar-refractivity contribution in [3.63, 3.8) is 0 Å². The first-order valence-corrected chi connectivity index (χ1v) is 11.4. The summed E-state index contributed by atoms with van der Waals surface area (Å²) in [6.45, 7) is 2.27. The van der Waals surface area contributed by atoms with Gasteiger partial charge in [-0.15, -0.1) is 0 Å². The van der Waals surface area contributed by atoms with Gasteiger partial charge in [-0.3, -0.25) is 0 Å². The minimum atomic E-state index is 0.369. The van der Waals surface area contributed by atoms with Gasteiger partial charge in [-0.1, -0.05) is 76.9 Å². The van der Waals surface area contributed by atoms with Crippen LogP contribution in [0.25, 0.3) is 0 Å². The van der Waals surface area contributed by atoms with Gasteiger partial charge < -0.3 is 0 Å². The zero-order valence-electron chi connectivity index (χ0n) is 16.7. The second-order valence-corrected chi connectivity index (χ2v) is 8.86. The molecule has 2 aliphatic rings. The third kappa shape index (κ3) is 8.44. The Bertz CT molecular complexity index is 389. The maximum atomic E-state index is 9.01. The van der Waals surface area contributed by atoms with Crippen molar-refractivity contribution in [2.24, 2.45) is 23.7 Å². The van der Waals surface area contributed by atoms with E-state index < -0.39 is 0 Å². The molecule has 0 heterocycles. The third-order valence-corrected chi connectivity index (χ3v) is 6.85. The van der Waals surface area contributed by atoms with Crippen molar-refractivity contribution in [1.29, 1.82) is 5.26 Å². The molecule has 0 aliphatic heterocycles. The number of unbranched alkanes of at least 4 members (excludes halogenated alkanes) is 3. The normalized spacial score (nSPS) is 30.4. The Labute approximate surface area is 157 Å². The standard InChI is InChI=1S/C24H41N/c1-2-3-4-5-6-7-8-9-21-10-12-22(13-11-21)14-15-23-16-18-24(20-25)19-17-23/h5-6,21-24H,2-4,7-19H2,1H3/b6-5-/t21-,22-,23-,24-. The molecule has 0 bridgehead atoms. The average molecular weight is 344 g/mol. The molecule has 142 valence electrons. The van der Waals surface area contributed by atoms with Crippen molar-refractivity contribution in [3.8, 4) is 6.07 Å². The first-order valence-electron chi connectivity index (χ1n) is 11.4. The zero-order chi connectivity index (χ0) is 17.7. The van der Waals surface area contributed by atoms with Gasteiger partial charge in [0, 0.05) is 5.92 Å². The largest absolute Gasteiger partial charge is 0.198 e. The fourth-order valence-electron chi connectivity index (χ4n) is 4.94. The maximum Gasteiger partial charge on any atom is 0.0655 e. The highest BCUT2D eigenvalue weighted by atomic mass is 14.3. The molecule has 0 aromatic rings. The predicted molar refractivity (Wildman–Crippen MR) is 108 cm³/mol. The molecule has 2 aliphatic carbocycles. The van der Waals surface area contributed by atoms with E-state index in [1.165, 1.54) is 103 Å². The van der Waals surface area contributed by atoms with Crippen LogP contribution in [0, 0.1) is 35.0 Å². The zero-order valence-corrected chi connectivity index (χ0v) is 16.7. The monoisotopic (exact) mass is 343 g/mol. The smallest absolute Gasteiger partial charge is 0.0655 e. The molecule has 0 radical (unpaired) electrons. The molecule has 0 saturated heterocycles. The number of allylic oxidation sites excluding steroid dienone is 2. The fourth-order valence-corrected chi connectivity index (χ4v) is 4.94. The van der Waals surface area contributed by atoms with Crippen LogP contribution in [0.1, 0.15) is 110 Å². The highest BCUT2D eigenvalue weighted by Crippen LogP contribution is 2.37. The summed E-state index contributed by atoms with van der Waals surface area (Å²) in [7, 11) is 0. The Morgan fingerprint density at radius 1 is 0.720 bits per heavy atom. The molecule has 0 aromatic carbocycles. The maximum absolute atomic E-state index is 9.01. The molecule has 0 amide bonds. The van der Waals surface area contributed by atoms with Gasteiger partial charge in [0.25, 0.3) is 0 Å². The van der Waals surface area contributed by atoms with Crippen LogP contribution in [0.5, 0.6) is 0 Å². The molecule has 0 atom stereocenters. The SMILES string of the molecule is CCCC/C=C\CCC[C@H]1CC[C@H](CC[C@H]2CC[C@H](C#N)CC2)CC1. The van der Waals surface area contributed by atoms with Crippen molar-refractivity contribution in [2.45, 2.75) is 110 Å². The van der Waals surface area contributed by atoms with Crippen molar-refractivity contribution < 1.29 is 0 Å². The van der Waals surface area contributed by atoms with Crippen LogP contribution in [-0.4, -0.2) is 0 Å².